The number of aliphatic hydroxyl groups is 2. The molecule has 0 bridgehead atoms. The molecule has 4 heteroatoms. The smallest absolute Gasteiger partial charge is 0.328 e. The third-order valence-corrected chi connectivity index (χ3v) is 1.97. The van der Waals surface area contributed by atoms with E-state index in [4.69, 9.17) is 15.3 Å². The SMILES string of the molecule is O=C(O)C=Cc1cc(CO)ccc1CO. The Labute approximate surface area is 87.1 Å². The van der Waals surface area contributed by atoms with Crippen LogP contribution in [0.25, 0.3) is 6.08 Å². The zero-order valence-corrected chi connectivity index (χ0v) is 8.05. The molecule has 4 nitrogen and oxygen atoms in total. The summed E-state index contributed by atoms with van der Waals surface area (Å²) in [4.78, 5) is 10.3. The second kappa shape index (κ2) is 5.29. The Morgan fingerprint density at radius 2 is 2.00 bits per heavy atom. The van der Waals surface area contributed by atoms with Gasteiger partial charge < -0.3 is 15.3 Å². The molecule has 0 radical (unpaired) electrons. The highest BCUT2D eigenvalue weighted by molar-refractivity contribution is 5.85. The van der Waals surface area contributed by atoms with E-state index in [9.17, 15) is 4.79 Å². The fourth-order valence-electron chi connectivity index (χ4n) is 1.20. The lowest BCUT2D eigenvalue weighted by atomic mass is 10.0. The van der Waals surface area contributed by atoms with Crippen molar-refractivity contribution in [3.8, 4) is 0 Å². The molecular formula is C11H12O4. The molecule has 0 amide bonds. The van der Waals surface area contributed by atoms with Gasteiger partial charge in [-0.15, -0.1) is 0 Å². The van der Waals surface area contributed by atoms with Gasteiger partial charge in [0.05, 0.1) is 13.2 Å². The minimum atomic E-state index is -1.05. The predicted octanol–water partition coefficient (Wildman–Crippen LogP) is 0.769. The molecule has 0 fully saturated rings. The van der Waals surface area contributed by atoms with Gasteiger partial charge in [0.1, 0.15) is 0 Å². The minimum absolute atomic E-state index is 0.111. The summed E-state index contributed by atoms with van der Waals surface area (Å²) in [6.07, 6.45) is 2.39. The highest BCUT2D eigenvalue weighted by atomic mass is 16.4. The van der Waals surface area contributed by atoms with E-state index >= 15 is 0 Å². The van der Waals surface area contributed by atoms with Crippen molar-refractivity contribution < 1.29 is 20.1 Å². The summed E-state index contributed by atoms with van der Waals surface area (Å²) in [6.45, 7) is -0.273. The Morgan fingerprint density at radius 3 is 2.53 bits per heavy atom. The molecule has 1 rings (SSSR count). The number of rotatable bonds is 4. The first kappa shape index (κ1) is 11.4. The van der Waals surface area contributed by atoms with Crippen LogP contribution in [-0.4, -0.2) is 21.3 Å². The normalized spacial score (nSPS) is 10.8. The lowest BCUT2D eigenvalue weighted by Gasteiger charge is -2.04. The van der Waals surface area contributed by atoms with Crippen molar-refractivity contribution in [2.75, 3.05) is 0 Å². The molecule has 0 heterocycles. The van der Waals surface area contributed by atoms with E-state index in [0.29, 0.717) is 16.7 Å². The molecule has 80 valence electrons. The summed E-state index contributed by atoms with van der Waals surface area (Å²) in [5.41, 5.74) is 1.91. The van der Waals surface area contributed by atoms with E-state index in [1.165, 1.54) is 6.08 Å². The standard InChI is InChI=1S/C11H12O4/c12-6-8-1-2-10(7-13)9(5-8)3-4-11(14)15/h1-5,12-13H,6-7H2,(H,14,15). The molecule has 0 unspecified atom stereocenters. The highest BCUT2D eigenvalue weighted by Gasteiger charge is 2.00. The Kier molecular flexibility index (Phi) is 4.03. The van der Waals surface area contributed by atoms with Crippen LogP contribution in [0.5, 0.6) is 0 Å². The van der Waals surface area contributed by atoms with Gasteiger partial charge in [-0.3, -0.25) is 0 Å². The lowest BCUT2D eigenvalue weighted by Crippen LogP contribution is -1.93. The van der Waals surface area contributed by atoms with Gasteiger partial charge in [0.2, 0.25) is 0 Å². The van der Waals surface area contributed by atoms with E-state index in [1.807, 2.05) is 0 Å². The Morgan fingerprint density at radius 1 is 1.27 bits per heavy atom. The van der Waals surface area contributed by atoms with Crippen LogP contribution in [0.4, 0.5) is 0 Å². The van der Waals surface area contributed by atoms with Crippen LogP contribution in [-0.2, 0) is 18.0 Å². The number of benzene rings is 1. The fourth-order valence-corrected chi connectivity index (χ4v) is 1.20. The number of hydrogen-bond acceptors (Lipinski definition) is 3. The predicted molar refractivity (Wildman–Crippen MR) is 55.0 cm³/mol. The molecule has 0 aliphatic heterocycles. The molecule has 15 heavy (non-hydrogen) atoms. The number of carboxylic acids is 1. The van der Waals surface area contributed by atoms with Gasteiger partial charge in [-0.1, -0.05) is 12.1 Å². The molecule has 1 aromatic carbocycles. The first-order chi connectivity index (χ1) is 7.17. The van der Waals surface area contributed by atoms with E-state index in [1.54, 1.807) is 18.2 Å². The van der Waals surface area contributed by atoms with Crippen molar-refractivity contribution in [1.29, 1.82) is 0 Å². The van der Waals surface area contributed by atoms with E-state index in [-0.39, 0.29) is 13.2 Å². The van der Waals surface area contributed by atoms with Crippen LogP contribution < -0.4 is 0 Å². The van der Waals surface area contributed by atoms with E-state index < -0.39 is 5.97 Å². The zero-order chi connectivity index (χ0) is 11.3. The summed E-state index contributed by atoms with van der Waals surface area (Å²) in [7, 11) is 0. The Hall–Kier alpha value is -1.65. The van der Waals surface area contributed by atoms with Crippen LogP contribution in [0.15, 0.2) is 24.3 Å². The summed E-state index contributed by atoms with van der Waals surface area (Å²) in [6, 6.07) is 4.99. The van der Waals surface area contributed by atoms with Crippen LogP contribution in [0, 0.1) is 0 Å². The van der Waals surface area contributed by atoms with E-state index in [2.05, 4.69) is 0 Å². The van der Waals surface area contributed by atoms with Crippen LogP contribution >= 0.6 is 0 Å². The Bertz CT molecular complexity index is 382. The van der Waals surface area contributed by atoms with Crippen LogP contribution in [0.2, 0.25) is 0 Å². The fraction of sp³-hybridized carbons (Fsp3) is 0.182. The maximum atomic E-state index is 10.3. The summed E-state index contributed by atoms with van der Waals surface area (Å²) < 4.78 is 0. The van der Waals surface area contributed by atoms with Crippen molar-refractivity contribution in [3.63, 3.8) is 0 Å². The second-order valence-electron chi connectivity index (χ2n) is 3.02. The van der Waals surface area contributed by atoms with Crippen molar-refractivity contribution in [3.05, 3.63) is 41.0 Å². The first-order valence-electron chi connectivity index (χ1n) is 4.42. The summed E-state index contributed by atoms with van der Waals surface area (Å²) in [5.74, 6) is -1.05. The number of carboxylic acid groups (broad SMARTS) is 1. The molecule has 3 N–H and O–H groups in total. The van der Waals surface area contributed by atoms with Gasteiger partial charge in [-0.2, -0.15) is 0 Å². The van der Waals surface area contributed by atoms with Gasteiger partial charge in [0, 0.05) is 6.08 Å². The average Bonchev–Trinajstić information content (AvgIpc) is 2.25. The molecule has 0 atom stereocenters. The third-order valence-electron chi connectivity index (χ3n) is 1.97. The van der Waals surface area contributed by atoms with Crippen LogP contribution in [0.1, 0.15) is 16.7 Å². The quantitative estimate of drug-likeness (QED) is 0.638. The maximum absolute atomic E-state index is 10.3. The van der Waals surface area contributed by atoms with Gasteiger partial charge >= 0.3 is 5.97 Å². The molecule has 0 saturated carbocycles. The second-order valence-corrected chi connectivity index (χ2v) is 3.02. The zero-order valence-electron chi connectivity index (χ0n) is 8.05. The molecule has 0 spiro atoms. The molecule has 1 aromatic rings. The van der Waals surface area contributed by atoms with Gasteiger partial charge in [0.25, 0.3) is 0 Å². The van der Waals surface area contributed by atoms with Crippen molar-refractivity contribution in [1.82, 2.24) is 0 Å². The van der Waals surface area contributed by atoms with Crippen molar-refractivity contribution >= 4 is 12.0 Å². The van der Waals surface area contributed by atoms with Crippen molar-refractivity contribution in [2.45, 2.75) is 13.2 Å². The largest absolute Gasteiger partial charge is 0.478 e. The topological polar surface area (TPSA) is 77.8 Å². The first-order valence-corrected chi connectivity index (χ1v) is 4.42. The highest BCUT2D eigenvalue weighted by Crippen LogP contribution is 2.14. The molecule has 0 saturated heterocycles. The molecular weight excluding hydrogens is 196 g/mol. The third kappa shape index (κ3) is 3.19. The van der Waals surface area contributed by atoms with E-state index in [0.717, 1.165) is 6.08 Å². The molecule has 0 aromatic heterocycles. The average molecular weight is 208 g/mol. The van der Waals surface area contributed by atoms with Gasteiger partial charge in [0.15, 0.2) is 0 Å². The number of carbonyl (C=O) groups is 1. The maximum Gasteiger partial charge on any atom is 0.328 e. The molecule has 0 aliphatic carbocycles. The Balaban J connectivity index is 3.06. The number of hydrogen-bond donors (Lipinski definition) is 3. The summed E-state index contributed by atoms with van der Waals surface area (Å²) in [5, 5.41) is 26.4. The van der Waals surface area contributed by atoms with Crippen molar-refractivity contribution in [2.24, 2.45) is 0 Å². The van der Waals surface area contributed by atoms with Gasteiger partial charge in [-0.05, 0) is 28.8 Å². The monoisotopic (exact) mass is 208 g/mol. The minimum Gasteiger partial charge on any atom is -0.478 e. The number of aliphatic carboxylic acids is 1. The van der Waals surface area contributed by atoms with Crippen LogP contribution in [0.3, 0.4) is 0 Å². The lowest BCUT2D eigenvalue weighted by molar-refractivity contribution is -0.131. The number of aliphatic hydroxyl groups excluding tert-OH is 2. The van der Waals surface area contributed by atoms with Gasteiger partial charge in [-0.25, -0.2) is 4.79 Å². The summed E-state index contributed by atoms with van der Waals surface area (Å²) >= 11 is 0. The molecule has 0 aliphatic rings.